The number of carbonyl (C=O) groups is 1. The zero-order valence-corrected chi connectivity index (χ0v) is 19.0. The van der Waals surface area contributed by atoms with Crippen molar-refractivity contribution < 1.29 is 9.53 Å². The van der Waals surface area contributed by atoms with Gasteiger partial charge in [0.05, 0.1) is 24.1 Å². The van der Waals surface area contributed by atoms with Crippen molar-refractivity contribution in [2.75, 3.05) is 12.4 Å². The quantitative estimate of drug-likeness (QED) is 0.433. The second kappa shape index (κ2) is 9.46. The van der Waals surface area contributed by atoms with E-state index in [2.05, 4.69) is 33.5 Å². The number of nitrogens with one attached hydrogen (secondary N) is 1. The van der Waals surface area contributed by atoms with Gasteiger partial charge in [0.15, 0.2) is 11.0 Å². The molecule has 0 bridgehead atoms. The van der Waals surface area contributed by atoms with Gasteiger partial charge in [-0.3, -0.25) is 14.3 Å². The van der Waals surface area contributed by atoms with Crippen LogP contribution >= 0.6 is 11.8 Å². The Balaban J connectivity index is 1.38. The molecule has 4 aromatic rings. The van der Waals surface area contributed by atoms with Gasteiger partial charge in [-0.05, 0) is 36.8 Å². The fourth-order valence-electron chi connectivity index (χ4n) is 3.94. The van der Waals surface area contributed by atoms with E-state index in [4.69, 9.17) is 4.74 Å². The highest BCUT2D eigenvalue weighted by molar-refractivity contribution is 7.99. The van der Waals surface area contributed by atoms with Crippen LogP contribution in [0, 0.1) is 6.92 Å². The number of para-hydroxylation sites is 2. The minimum atomic E-state index is -0.0512. The monoisotopic (exact) mass is 457 g/mol. The predicted octanol–water partition coefficient (Wildman–Crippen LogP) is 4.37. The average Bonchev–Trinajstić information content (AvgIpc) is 3.27. The van der Waals surface area contributed by atoms with Gasteiger partial charge >= 0.3 is 0 Å². The van der Waals surface area contributed by atoms with Crippen LogP contribution in [0.25, 0.3) is 17.1 Å². The Hall–Kier alpha value is -3.65. The molecule has 0 saturated heterocycles. The highest BCUT2D eigenvalue weighted by Crippen LogP contribution is 2.32. The Kier molecular flexibility index (Phi) is 6.08. The van der Waals surface area contributed by atoms with E-state index in [1.807, 2.05) is 59.2 Å². The Morgan fingerprint density at radius 1 is 1.09 bits per heavy atom. The number of rotatable bonds is 6. The van der Waals surface area contributed by atoms with Gasteiger partial charge < -0.3 is 10.1 Å². The second-order valence-corrected chi connectivity index (χ2v) is 8.69. The first kappa shape index (κ1) is 21.2. The number of aryl methyl sites for hydroxylation is 1. The number of benzene rings is 2. The van der Waals surface area contributed by atoms with Gasteiger partial charge in [0.25, 0.3) is 0 Å². The van der Waals surface area contributed by atoms with Gasteiger partial charge in [-0.15, -0.1) is 10.2 Å². The topological polar surface area (TPSA) is 81.9 Å². The molecule has 0 radical (unpaired) electrons. The molecule has 1 atom stereocenters. The van der Waals surface area contributed by atoms with E-state index in [0.717, 1.165) is 34.5 Å². The van der Waals surface area contributed by atoms with Crippen molar-refractivity contribution in [1.29, 1.82) is 0 Å². The summed E-state index contributed by atoms with van der Waals surface area (Å²) in [5.41, 5.74) is 4.01. The van der Waals surface area contributed by atoms with Crippen molar-refractivity contribution in [3.8, 4) is 22.8 Å². The third-order valence-electron chi connectivity index (χ3n) is 5.55. The number of hydrogen-bond donors (Lipinski definition) is 1. The van der Waals surface area contributed by atoms with E-state index >= 15 is 0 Å². The van der Waals surface area contributed by atoms with Crippen molar-refractivity contribution in [3.05, 3.63) is 84.2 Å². The van der Waals surface area contributed by atoms with Crippen molar-refractivity contribution in [2.24, 2.45) is 0 Å². The molecule has 166 valence electrons. The molecule has 3 heterocycles. The number of thioether (sulfide) groups is 1. The first-order chi connectivity index (χ1) is 16.2. The molecule has 1 aliphatic heterocycles. The zero-order valence-electron chi connectivity index (χ0n) is 18.1. The molecule has 1 amide bonds. The lowest BCUT2D eigenvalue weighted by molar-refractivity contribution is -0.119. The lowest BCUT2D eigenvalue weighted by Gasteiger charge is -2.26. The SMILES string of the molecule is Cc1ccccc1-n1c(SCC(=O)NC2CCOc3ccccc32)nnc1-c1ccncc1. The number of pyridine rings is 1. The normalized spacial score (nSPS) is 14.9. The van der Waals surface area contributed by atoms with Crippen LogP contribution in [0.2, 0.25) is 0 Å². The number of ether oxygens (including phenoxy) is 1. The molecule has 0 spiro atoms. The fraction of sp³-hybridized carbons (Fsp3) is 0.200. The molecule has 2 aromatic heterocycles. The largest absolute Gasteiger partial charge is 0.493 e. The fourth-order valence-corrected chi connectivity index (χ4v) is 4.70. The van der Waals surface area contributed by atoms with Crippen LogP contribution in [0.3, 0.4) is 0 Å². The Morgan fingerprint density at radius 3 is 2.73 bits per heavy atom. The summed E-state index contributed by atoms with van der Waals surface area (Å²) in [6.07, 6.45) is 4.22. The average molecular weight is 458 g/mol. The summed E-state index contributed by atoms with van der Waals surface area (Å²) in [6, 6.07) is 19.7. The first-order valence-electron chi connectivity index (χ1n) is 10.8. The summed E-state index contributed by atoms with van der Waals surface area (Å²) < 4.78 is 7.71. The van der Waals surface area contributed by atoms with Gasteiger partial charge in [-0.1, -0.05) is 48.2 Å². The highest BCUT2D eigenvalue weighted by Gasteiger charge is 2.23. The first-order valence-corrected chi connectivity index (χ1v) is 11.7. The zero-order chi connectivity index (χ0) is 22.6. The Morgan fingerprint density at radius 2 is 1.88 bits per heavy atom. The van der Waals surface area contributed by atoms with Crippen molar-refractivity contribution in [2.45, 2.75) is 24.5 Å². The summed E-state index contributed by atoms with van der Waals surface area (Å²) in [4.78, 5) is 17.0. The predicted molar refractivity (Wildman–Crippen MR) is 127 cm³/mol. The summed E-state index contributed by atoms with van der Waals surface area (Å²) >= 11 is 1.37. The minimum absolute atomic E-state index is 0.0495. The van der Waals surface area contributed by atoms with Crippen molar-refractivity contribution >= 4 is 17.7 Å². The van der Waals surface area contributed by atoms with Crippen molar-refractivity contribution in [3.63, 3.8) is 0 Å². The standard InChI is InChI=1S/C25H23N5O2S/c1-17-6-2-4-8-21(17)30-24(18-10-13-26-14-11-18)28-29-25(30)33-16-23(31)27-20-12-15-32-22-9-5-3-7-19(20)22/h2-11,13-14,20H,12,15-16H2,1H3,(H,27,31). The maximum Gasteiger partial charge on any atom is 0.230 e. The lowest BCUT2D eigenvalue weighted by atomic mass is 10.0. The lowest BCUT2D eigenvalue weighted by Crippen LogP contribution is -2.33. The molecular formula is C25H23N5O2S. The van der Waals surface area contributed by atoms with Crippen LogP contribution in [-0.2, 0) is 4.79 Å². The van der Waals surface area contributed by atoms with E-state index < -0.39 is 0 Å². The minimum Gasteiger partial charge on any atom is -0.493 e. The maximum absolute atomic E-state index is 12.8. The molecular weight excluding hydrogens is 434 g/mol. The van der Waals surface area contributed by atoms with Crippen LogP contribution in [0.5, 0.6) is 5.75 Å². The number of amides is 1. The van der Waals surface area contributed by atoms with Gasteiger partial charge in [0.1, 0.15) is 5.75 Å². The van der Waals surface area contributed by atoms with E-state index in [9.17, 15) is 4.79 Å². The number of carbonyl (C=O) groups excluding carboxylic acids is 1. The molecule has 5 rings (SSSR count). The molecule has 7 nitrogen and oxygen atoms in total. The molecule has 33 heavy (non-hydrogen) atoms. The van der Waals surface area contributed by atoms with Crippen LogP contribution < -0.4 is 10.1 Å². The van der Waals surface area contributed by atoms with Crippen LogP contribution in [-0.4, -0.2) is 38.0 Å². The Labute approximate surface area is 196 Å². The summed E-state index contributed by atoms with van der Waals surface area (Å²) in [6.45, 7) is 2.64. The number of aromatic nitrogens is 4. The maximum atomic E-state index is 12.8. The molecule has 2 aromatic carbocycles. The van der Waals surface area contributed by atoms with E-state index in [1.54, 1.807) is 12.4 Å². The van der Waals surface area contributed by atoms with Gasteiger partial charge in [0.2, 0.25) is 5.91 Å². The summed E-state index contributed by atoms with van der Waals surface area (Å²) in [7, 11) is 0. The van der Waals surface area contributed by atoms with E-state index in [0.29, 0.717) is 17.6 Å². The molecule has 0 saturated carbocycles. The molecule has 1 aliphatic rings. The molecule has 0 aliphatic carbocycles. The summed E-state index contributed by atoms with van der Waals surface area (Å²) in [5.74, 6) is 1.74. The second-order valence-electron chi connectivity index (χ2n) is 7.75. The third kappa shape index (κ3) is 4.47. The number of hydrogen-bond acceptors (Lipinski definition) is 6. The van der Waals surface area contributed by atoms with Crippen LogP contribution in [0.4, 0.5) is 0 Å². The third-order valence-corrected chi connectivity index (χ3v) is 6.48. The van der Waals surface area contributed by atoms with Crippen LogP contribution in [0.1, 0.15) is 23.6 Å². The van der Waals surface area contributed by atoms with E-state index in [1.165, 1.54) is 11.8 Å². The van der Waals surface area contributed by atoms with E-state index in [-0.39, 0.29) is 17.7 Å². The molecule has 1 N–H and O–H groups in total. The van der Waals surface area contributed by atoms with Crippen molar-refractivity contribution in [1.82, 2.24) is 25.1 Å². The molecule has 1 unspecified atom stereocenters. The Bertz CT molecular complexity index is 1270. The number of fused-ring (bicyclic) bond motifs is 1. The summed E-state index contributed by atoms with van der Waals surface area (Å²) in [5, 5.41) is 12.7. The van der Waals surface area contributed by atoms with Gasteiger partial charge in [-0.25, -0.2) is 0 Å². The molecule has 8 heteroatoms. The number of nitrogens with zero attached hydrogens (tertiary/aromatic N) is 4. The highest BCUT2D eigenvalue weighted by atomic mass is 32.2. The smallest absolute Gasteiger partial charge is 0.230 e. The van der Waals surface area contributed by atoms with Gasteiger partial charge in [0, 0.05) is 29.9 Å². The van der Waals surface area contributed by atoms with Gasteiger partial charge in [-0.2, -0.15) is 0 Å². The van der Waals surface area contributed by atoms with Crippen LogP contribution in [0.15, 0.2) is 78.2 Å². The molecule has 0 fully saturated rings.